The minimum atomic E-state index is -0.0765. The number of aromatic hydroxyl groups is 1. The van der Waals surface area contributed by atoms with Gasteiger partial charge in [0.15, 0.2) is 5.78 Å². The minimum Gasteiger partial charge on any atom is -0.508 e. The van der Waals surface area contributed by atoms with Gasteiger partial charge in [0, 0.05) is 54.2 Å². The number of rotatable bonds is 5. The lowest BCUT2D eigenvalue weighted by atomic mass is 10.0. The second kappa shape index (κ2) is 7.93. The number of benzene rings is 1. The van der Waals surface area contributed by atoms with Crippen LogP contribution >= 0.6 is 15.9 Å². The van der Waals surface area contributed by atoms with Crippen LogP contribution in [0.25, 0.3) is 0 Å². The summed E-state index contributed by atoms with van der Waals surface area (Å²) in [5, 5.41) is 9.91. The van der Waals surface area contributed by atoms with E-state index in [0.29, 0.717) is 43.4 Å². The van der Waals surface area contributed by atoms with Gasteiger partial charge in [0.2, 0.25) is 0 Å². The van der Waals surface area contributed by atoms with Crippen LogP contribution < -0.4 is 0 Å². The molecule has 0 saturated carbocycles. The summed E-state index contributed by atoms with van der Waals surface area (Å²) in [4.78, 5) is 30.8. The third-order valence-electron chi connectivity index (χ3n) is 4.11. The number of carbonyl (C=O) groups excluding carboxylic acids is 2. The SMILES string of the molecule is O=C1C=C(N2CCOCC2)N=C(CC(=O)Cc2ccc(Br)cc2O)C1. The largest absolute Gasteiger partial charge is 0.508 e. The van der Waals surface area contributed by atoms with Crippen molar-refractivity contribution in [2.45, 2.75) is 19.3 Å². The van der Waals surface area contributed by atoms with Crippen molar-refractivity contribution in [2.75, 3.05) is 26.3 Å². The molecule has 1 N–H and O–H groups in total. The quantitative estimate of drug-likeness (QED) is 0.810. The summed E-state index contributed by atoms with van der Waals surface area (Å²) in [5.41, 5.74) is 1.15. The molecule has 3 rings (SSSR count). The minimum absolute atomic E-state index is 0.0363. The van der Waals surface area contributed by atoms with E-state index in [1.807, 2.05) is 4.90 Å². The Morgan fingerprint density at radius 1 is 1.28 bits per heavy atom. The van der Waals surface area contributed by atoms with Gasteiger partial charge in [-0.05, 0) is 12.1 Å². The molecule has 0 spiro atoms. The Morgan fingerprint density at radius 2 is 2.04 bits per heavy atom. The topological polar surface area (TPSA) is 79.2 Å². The van der Waals surface area contributed by atoms with Crippen LogP contribution in [0.15, 0.2) is 39.6 Å². The average Bonchev–Trinajstić information content (AvgIpc) is 2.58. The monoisotopic (exact) mass is 406 g/mol. The molecule has 2 aliphatic heterocycles. The zero-order valence-electron chi connectivity index (χ0n) is 13.7. The fourth-order valence-electron chi connectivity index (χ4n) is 2.88. The van der Waals surface area contributed by atoms with E-state index >= 15 is 0 Å². The van der Waals surface area contributed by atoms with Crippen molar-refractivity contribution in [2.24, 2.45) is 4.99 Å². The number of allylic oxidation sites excluding steroid dienone is 1. The van der Waals surface area contributed by atoms with Crippen molar-refractivity contribution < 1.29 is 19.4 Å². The molecule has 2 aliphatic rings. The number of morpholine rings is 1. The lowest BCUT2D eigenvalue weighted by molar-refractivity contribution is -0.117. The molecule has 0 amide bonds. The summed E-state index contributed by atoms with van der Waals surface area (Å²) in [6, 6.07) is 5.05. The molecule has 1 aromatic carbocycles. The van der Waals surface area contributed by atoms with Gasteiger partial charge in [-0.15, -0.1) is 0 Å². The number of Topliss-reactive ketones (excluding diaryl/α,β-unsaturated/α-hetero) is 1. The molecule has 6 nitrogen and oxygen atoms in total. The standard InChI is InChI=1S/C18H19BrN2O4/c19-13-2-1-12(17(24)8-13)7-15(22)9-14-10-16(23)11-18(20-14)21-3-5-25-6-4-21/h1-2,8,11,24H,3-7,9-10H2. The number of ketones is 2. The zero-order valence-corrected chi connectivity index (χ0v) is 15.3. The molecule has 0 aliphatic carbocycles. The van der Waals surface area contributed by atoms with E-state index < -0.39 is 0 Å². The maximum absolute atomic E-state index is 12.3. The molecule has 0 bridgehead atoms. The molecular weight excluding hydrogens is 388 g/mol. The van der Waals surface area contributed by atoms with Gasteiger partial charge >= 0.3 is 0 Å². The smallest absolute Gasteiger partial charge is 0.164 e. The van der Waals surface area contributed by atoms with Gasteiger partial charge in [0.1, 0.15) is 17.4 Å². The van der Waals surface area contributed by atoms with Crippen LogP contribution in [0.2, 0.25) is 0 Å². The van der Waals surface area contributed by atoms with Crippen molar-refractivity contribution in [3.63, 3.8) is 0 Å². The highest BCUT2D eigenvalue weighted by atomic mass is 79.9. The number of ether oxygens (including phenoxy) is 1. The molecule has 1 fully saturated rings. The predicted octanol–water partition coefficient (Wildman–Crippen LogP) is 2.24. The summed E-state index contributed by atoms with van der Waals surface area (Å²) in [7, 11) is 0. The van der Waals surface area contributed by atoms with Gasteiger partial charge in [-0.2, -0.15) is 0 Å². The first-order valence-electron chi connectivity index (χ1n) is 8.14. The van der Waals surface area contributed by atoms with Crippen LogP contribution in [-0.4, -0.2) is 53.6 Å². The molecule has 25 heavy (non-hydrogen) atoms. The summed E-state index contributed by atoms with van der Waals surface area (Å²) in [5.74, 6) is 0.588. The molecule has 0 aromatic heterocycles. The number of hydrogen-bond acceptors (Lipinski definition) is 6. The molecule has 0 unspecified atom stereocenters. The Kier molecular flexibility index (Phi) is 5.65. The van der Waals surface area contributed by atoms with E-state index in [2.05, 4.69) is 20.9 Å². The van der Waals surface area contributed by atoms with Crippen molar-refractivity contribution in [1.29, 1.82) is 0 Å². The number of aliphatic imine (C=N–C) groups is 1. The van der Waals surface area contributed by atoms with Crippen molar-refractivity contribution in [3.8, 4) is 5.75 Å². The van der Waals surface area contributed by atoms with E-state index in [-0.39, 0.29) is 36.6 Å². The van der Waals surface area contributed by atoms with Crippen LogP contribution in [-0.2, 0) is 20.7 Å². The molecule has 7 heteroatoms. The number of carbonyl (C=O) groups is 2. The van der Waals surface area contributed by atoms with Crippen LogP contribution in [0.4, 0.5) is 0 Å². The highest BCUT2D eigenvalue weighted by Crippen LogP contribution is 2.23. The first-order chi connectivity index (χ1) is 12.0. The molecule has 1 saturated heterocycles. The number of phenols is 1. The highest BCUT2D eigenvalue weighted by molar-refractivity contribution is 9.10. The lowest BCUT2D eigenvalue weighted by Gasteiger charge is -2.30. The van der Waals surface area contributed by atoms with Gasteiger partial charge in [0.05, 0.1) is 13.2 Å². The third-order valence-corrected chi connectivity index (χ3v) is 4.61. The predicted molar refractivity (Wildman–Crippen MR) is 96.7 cm³/mol. The van der Waals surface area contributed by atoms with Gasteiger partial charge < -0.3 is 14.7 Å². The Labute approximate surface area is 154 Å². The molecular formula is C18H19BrN2O4. The van der Waals surface area contributed by atoms with E-state index in [9.17, 15) is 14.7 Å². The van der Waals surface area contributed by atoms with Crippen LogP contribution in [0.1, 0.15) is 18.4 Å². The number of phenolic OH excluding ortho intramolecular Hbond substituents is 1. The van der Waals surface area contributed by atoms with E-state index in [4.69, 9.17) is 4.74 Å². The van der Waals surface area contributed by atoms with E-state index in [0.717, 1.165) is 4.47 Å². The summed E-state index contributed by atoms with van der Waals surface area (Å²) in [6.45, 7) is 2.60. The molecule has 1 aromatic rings. The Morgan fingerprint density at radius 3 is 2.76 bits per heavy atom. The molecule has 0 atom stereocenters. The van der Waals surface area contributed by atoms with E-state index in [1.54, 1.807) is 24.3 Å². The Bertz CT molecular complexity index is 751. The van der Waals surface area contributed by atoms with Crippen LogP contribution in [0, 0.1) is 0 Å². The second-order valence-electron chi connectivity index (χ2n) is 6.09. The summed E-state index contributed by atoms with van der Waals surface area (Å²) in [6.07, 6.45) is 1.94. The molecule has 132 valence electrons. The van der Waals surface area contributed by atoms with Crippen molar-refractivity contribution in [3.05, 3.63) is 40.1 Å². The second-order valence-corrected chi connectivity index (χ2v) is 7.00. The third kappa shape index (κ3) is 4.76. The zero-order chi connectivity index (χ0) is 17.8. The van der Waals surface area contributed by atoms with Gasteiger partial charge in [-0.3, -0.25) is 9.59 Å². The van der Waals surface area contributed by atoms with Gasteiger partial charge in [-0.1, -0.05) is 22.0 Å². The first kappa shape index (κ1) is 17.8. The Balaban J connectivity index is 1.66. The van der Waals surface area contributed by atoms with Gasteiger partial charge in [-0.25, -0.2) is 4.99 Å². The number of halogens is 1. The maximum atomic E-state index is 12.3. The fraction of sp³-hybridized carbons (Fsp3) is 0.389. The maximum Gasteiger partial charge on any atom is 0.164 e. The normalized spacial score (nSPS) is 18.0. The van der Waals surface area contributed by atoms with E-state index in [1.165, 1.54) is 0 Å². The average molecular weight is 407 g/mol. The molecule has 0 radical (unpaired) electrons. The van der Waals surface area contributed by atoms with Crippen molar-refractivity contribution >= 4 is 33.2 Å². The highest BCUT2D eigenvalue weighted by Gasteiger charge is 2.21. The fourth-order valence-corrected chi connectivity index (χ4v) is 3.22. The van der Waals surface area contributed by atoms with Gasteiger partial charge in [0.25, 0.3) is 0 Å². The summed E-state index contributed by atoms with van der Waals surface area (Å²) >= 11 is 3.27. The first-order valence-corrected chi connectivity index (χ1v) is 8.93. The number of nitrogens with zero attached hydrogens (tertiary/aromatic N) is 2. The van der Waals surface area contributed by atoms with Crippen LogP contribution in [0.3, 0.4) is 0 Å². The molecule has 2 heterocycles. The summed E-state index contributed by atoms with van der Waals surface area (Å²) < 4.78 is 6.06. The van der Waals surface area contributed by atoms with Crippen LogP contribution in [0.5, 0.6) is 5.75 Å². The Hall–Kier alpha value is -1.99. The number of hydrogen-bond donors (Lipinski definition) is 1. The lowest BCUT2D eigenvalue weighted by Crippen LogP contribution is -2.36. The van der Waals surface area contributed by atoms with Crippen molar-refractivity contribution in [1.82, 2.24) is 4.90 Å².